The van der Waals surface area contributed by atoms with Crippen LogP contribution in [0.2, 0.25) is 0 Å². The largest absolute Gasteiger partial charge is 0.444 e. The summed E-state index contributed by atoms with van der Waals surface area (Å²) >= 11 is 0. The Bertz CT molecular complexity index is 773. The van der Waals surface area contributed by atoms with Crippen LogP contribution >= 0.6 is 0 Å². The molecule has 0 heterocycles. The van der Waals surface area contributed by atoms with E-state index < -0.39 is 23.8 Å². The molecule has 0 fully saturated rings. The van der Waals surface area contributed by atoms with Crippen LogP contribution in [-0.2, 0) is 14.3 Å². The smallest absolute Gasteiger partial charge is 0.408 e. The Morgan fingerprint density at radius 3 is 1.97 bits per heavy atom. The second-order valence-electron chi connectivity index (χ2n) is 9.99. The van der Waals surface area contributed by atoms with Crippen LogP contribution in [0.25, 0.3) is 0 Å². The predicted molar refractivity (Wildman–Crippen MR) is 132 cm³/mol. The molecule has 33 heavy (non-hydrogen) atoms. The third kappa shape index (κ3) is 8.71. The molecule has 0 saturated heterocycles. The minimum Gasteiger partial charge on any atom is -0.444 e. The van der Waals surface area contributed by atoms with Gasteiger partial charge in [-0.3, -0.25) is 9.59 Å². The predicted octanol–water partition coefficient (Wildman–Crippen LogP) is 4.82. The molecule has 1 aromatic carbocycles. The van der Waals surface area contributed by atoms with E-state index in [9.17, 15) is 14.4 Å². The lowest BCUT2D eigenvalue weighted by molar-refractivity contribution is -0.146. The number of rotatable bonds is 10. The normalized spacial score (nSPS) is 15.2. The molecule has 0 radical (unpaired) electrons. The number of amides is 3. The Kier molecular flexibility index (Phi) is 10.9. The van der Waals surface area contributed by atoms with Gasteiger partial charge in [0.25, 0.3) is 0 Å². The average Bonchev–Trinajstić information content (AvgIpc) is 2.73. The van der Waals surface area contributed by atoms with Gasteiger partial charge in [-0.25, -0.2) is 4.79 Å². The fourth-order valence-corrected chi connectivity index (χ4v) is 3.51. The van der Waals surface area contributed by atoms with E-state index >= 15 is 0 Å². The Morgan fingerprint density at radius 1 is 0.939 bits per heavy atom. The van der Waals surface area contributed by atoms with Crippen molar-refractivity contribution in [2.45, 2.75) is 105 Å². The molecule has 7 nitrogen and oxygen atoms in total. The zero-order chi connectivity index (χ0) is 25.3. The standard InChI is InChI=1S/C26H43N3O4/c1-10-18(5)21(28-25(32)33-26(7,8)9)24(31)29(19(6)11-2)22(23(30)27-17(3)4)20-15-13-12-14-16-20/h12-19,21-22H,10-11H2,1-9H3,(H,27,30)(H,28,32). The third-order valence-electron chi connectivity index (χ3n) is 5.54. The number of carbonyl (C=O) groups excluding carboxylic acids is 3. The molecule has 2 N–H and O–H groups in total. The molecular formula is C26H43N3O4. The van der Waals surface area contributed by atoms with Crippen molar-refractivity contribution < 1.29 is 19.1 Å². The van der Waals surface area contributed by atoms with Crippen LogP contribution in [0.3, 0.4) is 0 Å². The molecule has 0 spiro atoms. The van der Waals surface area contributed by atoms with Crippen LogP contribution in [0.4, 0.5) is 4.79 Å². The van der Waals surface area contributed by atoms with Crippen molar-refractivity contribution in [3.05, 3.63) is 35.9 Å². The molecule has 7 heteroatoms. The number of alkyl carbamates (subject to hydrolysis) is 1. The minimum atomic E-state index is -0.822. The second-order valence-corrected chi connectivity index (χ2v) is 9.99. The van der Waals surface area contributed by atoms with Crippen LogP contribution in [0, 0.1) is 5.92 Å². The van der Waals surface area contributed by atoms with Gasteiger partial charge < -0.3 is 20.3 Å². The van der Waals surface area contributed by atoms with Crippen molar-refractivity contribution in [2.24, 2.45) is 5.92 Å². The Morgan fingerprint density at radius 2 is 1.52 bits per heavy atom. The van der Waals surface area contributed by atoms with Crippen molar-refractivity contribution >= 4 is 17.9 Å². The quantitative estimate of drug-likeness (QED) is 0.523. The van der Waals surface area contributed by atoms with Crippen LogP contribution < -0.4 is 10.6 Å². The van der Waals surface area contributed by atoms with Crippen molar-refractivity contribution in [3.63, 3.8) is 0 Å². The molecule has 186 valence electrons. The maximum atomic E-state index is 14.0. The SMILES string of the molecule is CCC(C)C(NC(=O)OC(C)(C)C)C(=O)N(C(C)CC)C(C(=O)NC(C)C)c1ccccc1. The van der Waals surface area contributed by atoms with Gasteiger partial charge in [-0.2, -0.15) is 0 Å². The number of ether oxygens (including phenoxy) is 1. The van der Waals surface area contributed by atoms with Crippen LogP contribution in [0.15, 0.2) is 30.3 Å². The molecule has 0 aliphatic carbocycles. The highest BCUT2D eigenvalue weighted by molar-refractivity contribution is 5.92. The zero-order valence-electron chi connectivity index (χ0n) is 21.8. The topological polar surface area (TPSA) is 87.7 Å². The molecule has 3 amide bonds. The number of benzene rings is 1. The lowest BCUT2D eigenvalue weighted by Crippen LogP contribution is -2.57. The van der Waals surface area contributed by atoms with Gasteiger partial charge in [0.05, 0.1) is 0 Å². The van der Waals surface area contributed by atoms with Crippen LogP contribution in [0.1, 0.15) is 86.8 Å². The summed E-state index contributed by atoms with van der Waals surface area (Å²) in [6.45, 7) is 16.9. The Labute approximate surface area is 199 Å². The van der Waals surface area contributed by atoms with Gasteiger partial charge in [0.1, 0.15) is 17.7 Å². The average molecular weight is 462 g/mol. The maximum absolute atomic E-state index is 14.0. The van der Waals surface area contributed by atoms with Crippen molar-refractivity contribution in [2.75, 3.05) is 0 Å². The lowest BCUT2D eigenvalue weighted by atomic mass is 9.94. The summed E-state index contributed by atoms with van der Waals surface area (Å²) in [7, 11) is 0. The molecule has 0 saturated carbocycles. The summed E-state index contributed by atoms with van der Waals surface area (Å²) in [6.07, 6.45) is 0.687. The molecular weight excluding hydrogens is 418 g/mol. The molecule has 1 aromatic rings. The summed E-state index contributed by atoms with van der Waals surface area (Å²) in [5.74, 6) is -0.691. The van der Waals surface area contributed by atoms with Gasteiger partial charge in [-0.15, -0.1) is 0 Å². The monoisotopic (exact) mass is 461 g/mol. The fraction of sp³-hybridized carbons (Fsp3) is 0.654. The van der Waals surface area contributed by atoms with Gasteiger partial charge in [-0.1, -0.05) is 57.5 Å². The van der Waals surface area contributed by atoms with Crippen molar-refractivity contribution in [1.29, 1.82) is 0 Å². The molecule has 4 atom stereocenters. The first-order valence-electron chi connectivity index (χ1n) is 12.0. The molecule has 0 aliphatic heterocycles. The van der Waals surface area contributed by atoms with Crippen molar-refractivity contribution in [3.8, 4) is 0 Å². The van der Waals surface area contributed by atoms with E-state index in [2.05, 4.69) is 10.6 Å². The number of hydrogen-bond acceptors (Lipinski definition) is 4. The van der Waals surface area contributed by atoms with Gasteiger partial charge >= 0.3 is 6.09 Å². The summed E-state index contributed by atoms with van der Waals surface area (Å²) in [4.78, 5) is 41.6. The van der Waals surface area contributed by atoms with Crippen LogP contribution in [-0.4, -0.2) is 46.5 Å². The van der Waals surface area contributed by atoms with Gasteiger partial charge in [0, 0.05) is 12.1 Å². The number of carbonyl (C=O) groups is 3. The first-order valence-corrected chi connectivity index (χ1v) is 12.0. The summed E-state index contributed by atoms with van der Waals surface area (Å²) in [5, 5.41) is 5.75. The number of nitrogens with zero attached hydrogens (tertiary/aromatic N) is 1. The Balaban J connectivity index is 3.48. The van der Waals surface area contributed by atoms with E-state index in [0.717, 1.165) is 5.56 Å². The summed E-state index contributed by atoms with van der Waals surface area (Å²) in [5.41, 5.74) is 0.0391. The minimum absolute atomic E-state index is 0.0807. The third-order valence-corrected chi connectivity index (χ3v) is 5.54. The zero-order valence-corrected chi connectivity index (χ0v) is 21.8. The highest BCUT2D eigenvalue weighted by Crippen LogP contribution is 2.27. The number of hydrogen-bond donors (Lipinski definition) is 2. The van der Waals surface area contributed by atoms with Gasteiger partial charge in [-0.05, 0) is 59.4 Å². The molecule has 4 unspecified atom stereocenters. The summed E-state index contributed by atoms with van der Waals surface area (Å²) in [6, 6.07) is 7.35. The Hall–Kier alpha value is -2.57. The van der Waals surface area contributed by atoms with E-state index in [1.807, 2.05) is 71.9 Å². The first-order chi connectivity index (χ1) is 15.3. The molecule has 1 rings (SSSR count). The van der Waals surface area contributed by atoms with E-state index in [1.165, 1.54) is 0 Å². The highest BCUT2D eigenvalue weighted by Gasteiger charge is 2.40. The summed E-state index contributed by atoms with van der Waals surface area (Å²) < 4.78 is 5.42. The number of nitrogens with one attached hydrogen (secondary N) is 2. The van der Waals surface area contributed by atoms with E-state index in [-0.39, 0.29) is 29.8 Å². The van der Waals surface area contributed by atoms with Crippen LogP contribution in [0.5, 0.6) is 0 Å². The fourth-order valence-electron chi connectivity index (χ4n) is 3.51. The molecule has 0 aromatic heterocycles. The van der Waals surface area contributed by atoms with E-state index in [1.54, 1.807) is 25.7 Å². The highest BCUT2D eigenvalue weighted by atomic mass is 16.6. The van der Waals surface area contributed by atoms with Gasteiger partial charge in [0.15, 0.2) is 0 Å². The van der Waals surface area contributed by atoms with Gasteiger partial charge in [0.2, 0.25) is 11.8 Å². The van der Waals surface area contributed by atoms with E-state index in [4.69, 9.17) is 4.74 Å². The van der Waals surface area contributed by atoms with Crippen molar-refractivity contribution in [1.82, 2.24) is 15.5 Å². The molecule has 0 aliphatic rings. The second kappa shape index (κ2) is 12.6. The first kappa shape index (κ1) is 28.5. The van der Waals surface area contributed by atoms with E-state index in [0.29, 0.717) is 12.8 Å². The lowest BCUT2D eigenvalue weighted by Gasteiger charge is -2.39. The molecule has 0 bridgehead atoms. The maximum Gasteiger partial charge on any atom is 0.408 e.